The van der Waals surface area contributed by atoms with E-state index in [0.717, 1.165) is 17.8 Å². The van der Waals surface area contributed by atoms with Crippen molar-refractivity contribution >= 4 is 28.8 Å². The summed E-state index contributed by atoms with van der Waals surface area (Å²) in [6.07, 6.45) is 4.02. The summed E-state index contributed by atoms with van der Waals surface area (Å²) in [6, 6.07) is 0.259. The molecule has 0 saturated carbocycles. The van der Waals surface area contributed by atoms with Crippen LogP contribution in [-0.4, -0.2) is 16.9 Å². The SMILES string of the molecule is O=C1CCC(Cc2ncc(Cl)s2)N1. The molecule has 1 amide bonds. The molecule has 1 N–H and O–H groups in total. The van der Waals surface area contributed by atoms with Gasteiger partial charge in [-0.2, -0.15) is 0 Å². The zero-order valence-corrected chi connectivity index (χ0v) is 8.49. The Morgan fingerprint density at radius 2 is 2.62 bits per heavy atom. The maximum Gasteiger partial charge on any atom is 0.220 e. The fourth-order valence-corrected chi connectivity index (χ4v) is 2.46. The van der Waals surface area contributed by atoms with Crippen LogP contribution >= 0.6 is 22.9 Å². The molecule has 0 bridgehead atoms. The van der Waals surface area contributed by atoms with E-state index in [1.165, 1.54) is 11.3 Å². The average molecular weight is 217 g/mol. The number of thiazole rings is 1. The lowest BCUT2D eigenvalue weighted by atomic mass is 10.2. The molecular weight excluding hydrogens is 208 g/mol. The van der Waals surface area contributed by atoms with Crippen molar-refractivity contribution in [3.63, 3.8) is 0 Å². The van der Waals surface area contributed by atoms with Crippen LogP contribution in [-0.2, 0) is 11.2 Å². The van der Waals surface area contributed by atoms with Crippen molar-refractivity contribution in [2.24, 2.45) is 0 Å². The molecule has 0 spiro atoms. The monoisotopic (exact) mass is 216 g/mol. The summed E-state index contributed by atoms with van der Waals surface area (Å²) in [5, 5.41) is 3.89. The number of hydrogen-bond acceptors (Lipinski definition) is 3. The van der Waals surface area contributed by atoms with E-state index in [1.807, 2.05) is 0 Å². The Morgan fingerprint density at radius 3 is 3.15 bits per heavy atom. The van der Waals surface area contributed by atoms with Crippen LogP contribution in [0.5, 0.6) is 0 Å². The second-order valence-corrected chi connectivity index (χ2v) is 4.81. The summed E-state index contributed by atoms with van der Waals surface area (Å²) in [4.78, 5) is 15.0. The summed E-state index contributed by atoms with van der Waals surface area (Å²) < 4.78 is 0.708. The van der Waals surface area contributed by atoms with E-state index in [2.05, 4.69) is 10.3 Å². The molecule has 1 aliphatic heterocycles. The van der Waals surface area contributed by atoms with Gasteiger partial charge >= 0.3 is 0 Å². The Hall–Kier alpha value is -0.610. The number of hydrogen-bond donors (Lipinski definition) is 1. The van der Waals surface area contributed by atoms with Crippen molar-refractivity contribution in [1.82, 2.24) is 10.3 Å². The maximum atomic E-state index is 10.9. The highest BCUT2D eigenvalue weighted by Gasteiger charge is 2.21. The molecule has 1 saturated heterocycles. The number of nitrogens with zero attached hydrogens (tertiary/aromatic N) is 1. The number of nitrogens with one attached hydrogen (secondary N) is 1. The molecule has 1 aromatic heterocycles. The highest BCUT2D eigenvalue weighted by molar-refractivity contribution is 7.15. The van der Waals surface area contributed by atoms with Gasteiger partial charge in [0, 0.05) is 18.9 Å². The van der Waals surface area contributed by atoms with E-state index in [-0.39, 0.29) is 11.9 Å². The van der Waals surface area contributed by atoms with Crippen LogP contribution in [0.3, 0.4) is 0 Å². The van der Waals surface area contributed by atoms with Gasteiger partial charge in [0.1, 0.15) is 4.34 Å². The quantitative estimate of drug-likeness (QED) is 0.817. The Kier molecular flexibility index (Phi) is 2.51. The Balaban J connectivity index is 1.95. The molecule has 0 aliphatic carbocycles. The Bertz CT molecular complexity index is 326. The summed E-state index contributed by atoms with van der Waals surface area (Å²) in [5.74, 6) is 0.146. The first kappa shape index (κ1) is 8.97. The molecule has 2 heterocycles. The van der Waals surface area contributed by atoms with Crippen LogP contribution in [0, 0.1) is 0 Å². The molecule has 0 radical (unpaired) electrons. The Morgan fingerprint density at radius 1 is 1.77 bits per heavy atom. The van der Waals surface area contributed by atoms with Crippen LogP contribution in [0.1, 0.15) is 17.8 Å². The van der Waals surface area contributed by atoms with E-state index in [1.54, 1.807) is 6.20 Å². The normalized spacial score (nSPS) is 21.9. The first-order chi connectivity index (χ1) is 6.24. The van der Waals surface area contributed by atoms with Crippen LogP contribution in [0.15, 0.2) is 6.20 Å². The largest absolute Gasteiger partial charge is 0.353 e. The summed E-state index contributed by atoms with van der Waals surface area (Å²) >= 11 is 7.22. The minimum Gasteiger partial charge on any atom is -0.353 e. The van der Waals surface area contributed by atoms with Gasteiger partial charge in [-0.3, -0.25) is 4.79 Å². The second kappa shape index (κ2) is 3.64. The average Bonchev–Trinajstić information content (AvgIpc) is 2.62. The van der Waals surface area contributed by atoms with Gasteiger partial charge in [0.25, 0.3) is 0 Å². The van der Waals surface area contributed by atoms with Crippen molar-refractivity contribution < 1.29 is 4.79 Å². The van der Waals surface area contributed by atoms with Crippen molar-refractivity contribution in [2.75, 3.05) is 0 Å². The van der Waals surface area contributed by atoms with Gasteiger partial charge in [-0.15, -0.1) is 11.3 Å². The zero-order chi connectivity index (χ0) is 9.26. The van der Waals surface area contributed by atoms with Crippen molar-refractivity contribution in [3.05, 3.63) is 15.5 Å². The van der Waals surface area contributed by atoms with Crippen LogP contribution < -0.4 is 5.32 Å². The Labute approximate surface area is 85.1 Å². The maximum absolute atomic E-state index is 10.9. The number of carbonyl (C=O) groups is 1. The first-order valence-corrected chi connectivity index (χ1v) is 5.33. The van der Waals surface area contributed by atoms with E-state index in [4.69, 9.17) is 11.6 Å². The number of halogens is 1. The number of carbonyl (C=O) groups excluding carboxylic acids is 1. The minimum atomic E-state index is 0.146. The number of aromatic nitrogens is 1. The summed E-state index contributed by atoms with van der Waals surface area (Å²) in [6.45, 7) is 0. The summed E-state index contributed by atoms with van der Waals surface area (Å²) in [5.41, 5.74) is 0. The molecule has 13 heavy (non-hydrogen) atoms. The van der Waals surface area contributed by atoms with Gasteiger partial charge in [0.05, 0.1) is 11.2 Å². The highest BCUT2D eigenvalue weighted by atomic mass is 35.5. The zero-order valence-electron chi connectivity index (χ0n) is 6.92. The van der Waals surface area contributed by atoms with Gasteiger partial charge in [0.2, 0.25) is 5.91 Å². The van der Waals surface area contributed by atoms with Gasteiger partial charge < -0.3 is 5.32 Å². The fourth-order valence-electron chi connectivity index (χ4n) is 1.42. The molecule has 70 valence electrons. The second-order valence-electron chi connectivity index (χ2n) is 3.07. The van der Waals surface area contributed by atoms with E-state index in [0.29, 0.717) is 10.8 Å². The fraction of sp³-hybridized carbons (Fsp3) is 0.500. The van der Waals surface area contributed by atoms with E-state index in [9.17, 15) is 4.79 Å². The van der Waals surface area contributed by atoms with E-state index >= 15 is 0 Å². The lowest BCUT2D eigenvalue weighted by molar-refractivity contribution is -0.119. The number of amides is 1. The van der Waals surface area contributed by atoms with Gasteiger partial charge in [-0.05, 0) is 6.42 Å². The van der Waals surface area contributed by atoms with Crippen molar-refractivity contribution in [2.45, 2.75) is 25.3 Å². The van der Waals surface area contributed by atoms with Crippen molar-refractivity contribution in [1.29, 1.82) is 0 Å². The van der Waals surface area contributed by atoms with Crippen LogP contribution in [0.2, 0.25) is 4.34 Å². The molecule has 1 atom stereocenters. The molecule has 3 nitrogen and oxygen atoms in total. The lowest BCUT2D eigenvalue weighted by Gasteiger charge is -2.05. The molecule has 1 fully saturated rings. The molecule has 2 rings (SSSR count). The van der Waals surface area contributed by atoms with Crippen LogP contribution in [0.4, 0.5) is 0 Å². The molecule has 5 heteroatoms. The molecule has 0 aromatic carbocycles. The smallest absolute Gasteiger partial charge is 0.220 e. The topological polar surface area (TPSA) is 42.0 Å². The van der Waals surface area contributed by atoms with Gasteiger partial charge in [0.15, 0.2) is 0 Å². The summed E-state index contributed by atoms with van der Waals surface area (Å²) in [7, 11) is 0. The molecule has 1 aromatic rings. The predicted molar refractivity (Wildman–Crippen MR) is 52.0 cm³/mol. The lowest BCUT2D eigenvalue weighted by Crippen LogP contribution is -2.27. The first-order valence-electron chi connectivity index (χ1n) is 4.13. The molecule has 1 unspecified atom stereocenters. The van der Waals surface area contributed by atoms with E-state index < -0.39 is 0 Å². The minimum absolute atomic E-state index is 0.146. The molecule has 1 aliphatic rings. The standard InChI is InChI=1S/C8H9ClN2OS/c9-6-4-10-8(13-6)3-5-1-2-7(12)11-5/h4-5H,1-3H2,(H,11,12). The third-order valence-electron chi connectivity index (χ3n) is 2.03. The third kappa shape index (κ3) is 2.19. The number of rotatable bonds is 2. The van der Waals surface area contributed by atoms with Gasteiger partial charge in [-0.25, -0.2) is 4.98 Å². The third-order valence-corrected chi connectivity index (χ3v) is 3.17. The van der Waals surface area contributed by atoms with Crippen LogP contribution in [0.25, 0.3) is 0 Å². The van der Waals surface area contributed by atoms with Crippen molar-refractivity contribution in [3.8, 4) is 0 Å². The predicted octanol–water partition coefficient (Wildman–Crippen LogP) is 1.62. The highest BCUT2D eigenvalue weighted by Crippen LogP contribution is 2.21. The molecular formula is C8H9ClN2OS. The van der Waals surface area contributed by atoms with Gasteiger partial charge in [-0.1, -0.05) is 11.6 Å².